The van der Waals surface area contributed by atoms with Gasteiger partial charge in [0.05, 0.1) is 9.15 Å². The lowest BCUT2D eigenvalue weighted by molar-refractivity contribution is -0.173. The van der Waals surface area contributed by atoms with Gasteiger partial charge in [-0.25, -0.2) is 0 Å². The van der Waals surface area contributed by atoms with Crippen LogP contribution in [0, 0.1) is 16.2 Å². The van der Waals surface area contributed by atoms with Gasteiger partial charge in [-0.05, 0) is 37.5 Å². The number of hydrogen-bond acceptors (Lipinski definition) is 1. The molecule has 4 aliphatic rings. The summed E-state index contributed by atoms with van der Waals surface area (Å²) in [4.78, 5) is 15.6. The molecule has 0 N–H and O–H groups in total. The van der Waals surface area contributed by atoms with E-state index in [0.717, 1.165) is 25.9 Å². The van der Waals surface area contributed by atoms with Crippen LogP contribution < -0.4 is 0 Å². The van der Waals surface area contributed by atoms with E-state index in [9.17, 15) is 4.79 Å². The molecular weight excluding hydrogens is 450 g/mol. The van der Waals surface area contributed by atoms with Crippen LogP contribution in [0.3, 0.4) is 0 Å². The lowest BCUT2D eigenvalue weighted by Crippen LogP contribution is -2.72. The zero-order valence-electron chi connectivity index (χ0n) is 12.1. The Kier molecular flexibility index (Phi) is 3.91. The minimum atomic E-state index is -0.204. The zero-order chi connectivity index (χ0) is 14.8. The van der Waals surface area contributed by atoms with Gasteiger partial charge in [0.15, 0.2) is 0 Å². The first-order valence-corrected chi connectivity index (χ1v) is 10.3. The summed E-state index contributed by atoms with van der Waals surface area (Å²) in [5.41, 5.74) is -0.0387. The summed E-state index contributed by atoms with van der Waals surface area (Å²) >= 11 is 11.4. The van der Waals surface area contributed by atoms with Crippen molar-refractivity contribution >= 4 is 53.7 Å². The number of carbonyl (C=O) groups is 1. The van der Waals surface area contributed by atoms with E-state index in [2.05, 4.69) is 66.5 Å². The predicted molar refractivity (Wildman–Crippen MR) is 92.7 cm³/mol. The molecule has 1 saturated heterocycles. The Hall–Kier alpha value is 0.910. The average Bonchev–Trinajstić information content (AvgIpc) is 2.88. The molecular formula is C15H22Br3NO. The summed E-state index contributed by atoms with van der Waals surface area (Å²) in [6.07, 6.45) is 5.72. The van der Waals surface area contributed by atoms with Gasteiger partial charge in [-0.1, -0.05) is 61.6 Å². The zero-order valence-corrected chi connectivity index (χ0v) is 16.9. The molecule has 0 unspecified atom stereocenters. The number of amides is 1. The molecule has 4 fully saturated rings. The van der Waals surface area contributed by atoms with Gasteiger partial charge in [0.2, 0.25) is 5.91 Å². The van der Waals surface area contributed by atoms with Gasteiger partial charge in [0, 0.05) is 23.3 Å². The lowest BCUT2D eigenvalue weighted by atomic mass is 9.43. The first kappa shape index (κ1) is 15.8. The highest BCUT2D eigenvalue weighted by molar-refractivity contribution is 9.24. The lowest BCUT2D eigenvalue weighted by Gasteiger charge is -2.66. The molecule has 3 saturated carbocycles. The third-order valence-electron chi connectivity index (χ3n) is 6.51. The molecule has 4 rings (SSSR count). The minimum absolute atomic E-state index is 0.0281. The van der Waals surface area contributed by atoms with Gasteiger partial charge < -0.3 is 4.90 Å². The van der Waals surface area contributed by atoms with Gasteiger partial charge in [-0.15, -0.1) is 0 Å². The van der Waals surface area contributed by atoms with Crippen LogP contribution in [-0.2, 0) is 4.79 Å². The highest BCUT2D eigenvalue weighted by Crippen LogP contribution is 2.82. The molecule has 0 aromatic carbocycles. The fourth-order valence-electron chi connectivity index (χ4n) is 5.05. The van der Waals surface area contributed by atoms with Gasteiger partial charge >= 0.3 is 0 Å². The predicted octanol–water partition coefficient (Wildman–Crippen LogP) is 4.68. The molecule has 20 heavy (non-hydrogen) atoms. The average molecular weight is 472 g/mol. The first-order chi connectivity index (χ1) is 9.32. The Morgan fingerprint density at radius 3 is 2.20 bits per heavy atom. The van der Waals surface area contributed by atoms with Crippen molar-refractivity contribution in [1.82, 2.24) is 4.90 Å². The number of rotatable bonds is 2. The van der Waals surface area contributed by atoms with Crippen molar-refractivity contribution in [2.45, 2.75) is 54.5 Å². The van der Waals surface area contributed by atoms with Crippen LogP contribution in [0.25, 0.3) is 0 Å². The Morgan fingerprint density at radius 1 is 1.15 bits per heavy atom. The van der Waals surface area contributed by atoms with E-state index in [1.807, 2.05) is 0 Å². The smallest absolute Gasteiger partial charge is 0.230 e. The molecule has 1 aliphatic heterocycles. The van der Waals surface area contributed by atoms with Crippen LogP contribution in [0.5, 0.6) is 0 Å². The fraction of sp³-hybridized carbons (Fsp3) is 0.933. The molecule has 2 bridgehead atoms. The maximum absolute atomic E-state index is 13.2. The number of fused-ring (bicyclic) bond motifs is 1. The normalized spacial score (nSPS) is 42.7. The van der Waals surface area contributed by atoms with E-state index in [0.29, 0.717) is 5.91 Å². The fourth-order valence-corrected chi connectivity index (χ4v) is 9.95. The maximum atomic E-state index is 13.2. The number of hydrogen-bond donors (Lipinski definition) is 0. The van der Waals surface area contributed by atoms with Gasteiger partial charge in [0.25, 0.3) is 0 Å². The van der Waals surface area contributed by atoms with Crippen LogP contribution in [0.2, 0.25) is 0 Å². The summed E-state index contributed by atoms with van der Waals surface area (Å²) in [5.74, 6) is 0.401. The minimum Gasteiger partial charge on any atom is -0.342 e. The Labute approximate surface area is 146 Å². The van der Waals surface area contributed by atoms with Crippen LogP contribution in [-0.4, -0.2) is 32.5 Å². The van der Waals surface area contributed by atoms with E-state index in [4.69, 9.17) is 0 Å². The van der Waals surface area contributed by atoms with E-state index in [1.165, 1.54) is 19.3 Å². The second kappa shape index (κ2) is 4.95. The van der Waals surface area contributed by atoms with Crippen molar-refractivity contribution in [2.75, 3.05) is 13.1 Å². The second-order valence-electron chi connectivity index (χ2n) is 7.15. The van der Waals surface area contributed by atoms with Gasteiger partial charge in [-0.2, -0.15) is 0 Å². The van der Waals surface area contributed by atoms with E-state index in [1.54, 1.807) is 0 Å². The Morgan fingerprint density at radius 2 is 1.75 bits per heavy atom. The number of alkyl halides is 3. The van der Waals surface area contributed by atoms with Crippen LogP contribution in [0.15, 0.2) is 0 Å². The SMILES string of the molecule is CC1(C)[C@@]2(C(=O)N3CCCCC3)CC[C@@]1(C(Br)Br)[C@H]2Br. The van der Waals surface area contributed by atoms with E-state index >= 15 is 0 Å². The first-order valence-electron chi connectivity index (χ1n) is 7.54. The highest BCUT2D eigenvalue weighted by Gasteiger charge is 2.83. The Balaban J connectivity index is 1.92. The summed E-state index contributed by atoms with van der Waals surface area (Å²) in [5, 5.41) is 0. The van der Waals surface area contributed by atoms with Crippen molar-refractivity contribution < 1.29 is 4.79 Å². The monoisotopic (exact) mass is 469 g/mol. The van der Waals surface area contributed by atoms with E-state index < -0.39 is 0 Å². The van der Waals surface area contributed by atoms with Crippen molar-refractivity contribution in [1.29, 1.82) is 0 Å². The third-order valence-corrected chi connectivity index (χ3v) is 9.74. The van der Waals surface area contributed by atoms with Gasteiger partial charge in [-0.3, -0.25) is 4.79 Å². The van der Waals surface area contributed by atoms with Gasteiger partial charge in [0.1, 0.15) is 0 Å². The number of carbonyl (C=O) groups excluding carboxylic acids is 1. The molecule has 0 radical (unpaired) electrons. The Bertz CT molecular complexity index is 433. The molecule has 5 heteroatoms. The van der Waals surface area contributed by atoms with Crippen LogP contribution in [0.4, 0.5) is 0 Å². The molecule has 1 heterocycles. The standard InChI is InChI=1S/C15H22Br3NO/c1-13(2)14(11(17)18)6-7-15(13,10(14)16)12(20)19-8-4-3-5-9-19/h10-11H,3-9H2,1-2H3/t10-,14+,15+/m1/s1. The van der Waals surface area contributed by atoms with Crippen molar-refractivity contribution in [2.24, 2.45) is 16.2 Å². The summed E-state index contributed by atoms with van der Waals surface area (Å²) in [7, 11) is 0. The van der Waals surface area contributed by atoms with E-state index in [-0.39, 0.29) is 24.8 Å². The maximum Gasteiger partial charge on any atom is 0.230 e. The van der Waals surface area contributed by atoms with Crippen molar-refractivity contribution in [3.63, 3.8) is 0 Å². The number of likely N-dealkylation sites (tertiary alicyclic amines) is 1. The summed E-state index contributed by atoms with van der Waals surface area (Å²) < 4.78 is 0.256. The molecule has 3 aliphatic carbocycles. The second-order valence-corrected chi connectivity index (χ2v) is 11.1. The summed E-state index contributed by atoms with van der Waals surface area (Å²) in [6.45, 7) is 6.48. The van der Waals surface area contributed by atoms with Crippen LogP contribution >= 0.6 is 47.8 Å². The third kappa shape index (κ3) is 1.58. The largest absolute Gasteiger partial charge is 0.342 e. The number of nitrogens with zero attached hydrogens (tertiary/aromatic N) is 1. The molecule has 2 nitrogen and oxygen atoms in total. The van der Waals surface area contributed by atoms with Crippen molar-refractivity contribution in [3.05, 3.63) is 0 Å². The summed E-state index contributed by atoms with van der Waals surface area (Å²) in [6, 6.07) is 0. The quantitative estimate of drug-likeness (QED) is 0.535. The molecule has 0 aromatic rings. The van der Waals surface area contributed by atoms with Crippen LogP contribution in [0.1, 0.15) is 46.0 Å². The topological polar surface area (TPSA) is 20.3 Å². The number of piperidine rings is 1. The van der Waals surface area contributed by atoms with Crippen molar-refractivity contribution in [3.8, 4) is 0 Å². The molecule has 1 amide bonds. The molecule has 114 valence electrons. The molecule has 0 aromatic heterocycles. The highest BCUT2D eigenvalue weighted by atomic mass is 79.9. The number of halogens is 3. The molecule has 0 spiro atoms. The molecule has 3 atom stereocenters.